The lowest BCUT2D eigenvalue weighted by Gasteiger charge is -2.47. The Labute approximate surface area is 119 Å². The van der Waals surface area contributed by atoms with Crippen molar-refractivity contribution in [2.24, 2.45) is 17.8 Å². The molecule has 1 heteroatoms. The molecule has 2 saturated carbocycles. The minimum absolute atomic E-state index is 0.425. The Morgan fingerprint density at radius 1 is 1.00 bits per heavy atom. The van der Waals surface area contributed by atoms with Crippen molar-refractivity contribution in [1.29, 1.82) is 0 Å². The van der Waals surface area contributed by atoms with Crippen LogP contribution in [-0.4, -0.2) is 0 Å². The molecule has 0 N–H and O–H groups in total. The molecule has 0 radical (unpaired) electrons. The van der Waals surface area contributed by atoms with Crippen LogP contribution in [0.15, 0.2) is 28.7 Å². The van der Waals surface area contributed by atoms with Gasteiger partial charge < -0.3 is 0 Å². The van der Waals surface area contributed by atoms with Gasteiger partial charge in [-0.05, 0) is 73.0 Å². The summed E-state index contributed by atoms with van der Waals surface area (Å²) in [4.78, 5) is 0. The van der Waals surface area contributed by atoms with Gasteiger partial charge in [0.1, 0.15) is 0 Å². The molecule has 2 aliphatic carbocycles. The predicted octanol–water partition coefficient (Wildman–Crippen LogP) is 5.55. The topological polar surface area (TPSA) is 0 Å². The smallest absolute Gasteiger partial charge is 0.0175 e. The summed E-state index contributed by atoms with van der Waals surface area (Å²) in [5.74, 6) is 2.91. The van der Waals surface area contributed by atoms with Crippen LogP contribution in [0.25, 0.3) is 0 Å². The highest BCUT2D eigenvalue weighted by atomic mass is 79.9. The van der Waals surface area contributed by atoms with E-state index in [1.165, 1.54) is 36.6 Å². The lowest BCUT2D eigenvalue weighted by Crippen LogP contribution is -2.38. The van der Waals surface area contributed by atoms with E-state index in [9.17, 15) is 0 Å². The van der Waals surface area contributed by atoms with Crippen molar-refractivity contribution in [2.45, 2.75) is 51.4 Å². The first-order chi connectivity index (χ1) is 8.55. The molecule has 3 unspecified atom stereocenters. The summed E-state index contributed by atoms with van der Waals surface area (Å²) in [5.41, 5.74) is 1.98. The molecule has 2 aliphatic rings. The fraction of sp³-hybridized carbons (Fsp3) is 0.647. The Kier molecular flexibility index (Phi) is 3.30. The van der Waals surface area contributed by atoms with E-state index in [0.29, 0.717) is 5.41 Å². The van der Waals surface area contributed by atoms with Gasteiger partial charge in [-0.15, -0.1) is 0 Å². The van der Waals surface area contributed by atoms with E-state index in [1.807, 2.05) is 0 Å². The third-order valence-corrected chi connectivity index (χ3v) is 5.69. The van der Waals surface area contributed by atoms with Crippen LogP contribution < -0.4 is 0 Å². The standard InChI is InChI=1S/C17H23Br/c1-12-7-13-9-14(8-12)11-17(2,10-13)15-3-5-16(18)6-4-15/h3-6,12-14H,7-11H2,1-2H3/t12?,13-,14?,17?/m1/s1. The van der Waals surface area contributed by atoms with Gasteiger partial charge in [-0.3, -0.25) is 0 Å². The van der Waals surface area contributed by atoms with Gasteiger partial charge in [0, 0.05) is 4.47 Å². The highest BCUT2D eigenvalue weighted by molar-refractivity contribution is 9.10. The van der Waals surface area contributed by atoms with Crippen molar-refractivity contribution in [1.82, 2.24) is 0 Å². The van der Waals surface area contributed by atoms with E-state index < -0.39 is 0 Å². The van der Waals surface area contributed by atoms with Gasteiger partial charge in [0.25, 0.3) is 0 Å². The fourth-order valence-corrected chi connectivity index (χ4v) is 4.94. The second-order valence-corrected chi connectivity index (χ2v) is 7.94. The van der Waals surface area contributed by atoms with Crippen molar-refractivity contribution in [3.05, 3.63) is 34.3 Å². The van der Waals surface area contributed by atoms with Gasteiger partial charge in [-0.1, -0.05) is 41.9 Å². The molecule has 0 heterocycles. The van der Waals surface area contributed by atoms with Crippen molar-refractivity contribution >= 4 is 15.9 Å². The van der Waals surface area contributed by atoms with Crippen molar-refractivity contribution < 1.29 is 0 Å². The van der Waals surface area contributed by atoms with Crippen molar-refractivity contribution in [3.8, 4) is 0 Å². The molecule has 0 saturated heterocycles. The summed E-state index contributed by atoms with van der Waals surface area (Å²) < 4.78 is 1.19. The van der Waals surface area contributed by atoms with Crippen LogP contribution in [0.4, 0.5) is 0 Å². The lowest BCUT2D eigenvalue weighted by atomic mass is 9.58. The van der Waals surface area contributed by atoms with Gasteiger partial charge in [0.15, 0.2) is 0 Å². The van der Waals surface area contributed by atoms with Crippen molar-refractivity contribution in [3.63, 3.8) is 0 Å². The quantitative estimate of drug-likeness (QED) is 0.638. The maximum atomic E-state index is 3.54. The van der Waals surface area contributed by atoms with Crippen LogP contribution >= 0.6 is 15.9 Å². The average Bonchev–Trinajstić information content (AvgIpc) is 2.27. The molecular weight excluding hydrogens is 284 g/mol. The SMILES string of the molecule is CC1CC2C[C@@H](C1)CC(C)(c1ccc(Br)cc1)C2. The zero-order valence-electron chi connectivity index (χ0n) is 11.5. The second kappa shape index (κ2) is 4.67. The first kappa shape index (κ1) is 12.7. The summed E-state index contributed by atoms with van der Waals surface area (Å²) in [7, 11) is 0. The molecule has 18 heavy (non-hydrogen) atoms. The van der Waals surface area contributed by atoms with Gasteiger partial charge >= 0.3 is 0 Å². The summed E-state index contributed by atoms with van der Waals surface area (Å²) in [6.07, 6.45) is 7.21. The molecule has 4 atom stereocenters. The van der Waals surface area contributed by atoms with Crippen LogP contribution in [0.2, 0.25) is 0 Å². The summed E-state index contributed by atoms with van der Waals surface area (Å²) in [6, 6.07) is 9.06. The Morgan fingerprint density at radius 2 is 1.56 bits per heavy atom. The van der Waals surface area contributed by atoms with E-state index in [0.717, 1.165) is 17.8 Å². The lowest BCUT2D eigenvalue weighted by molar-refractivity contribution is 0.0899. The molecule has 98 valence electrons. The minimum atomic E-state index is 0.425. The number of hydrogen-bond acceptors (Lipinski definition) is 0. The third kappa shape index (κ3) is 2.39. The molecule has 0 nitrogen and oxygen atoms in total. The van der Waals surface area contributed by atoms with Crippen LogP contribution in [0.3, 0.4) is 0 Å². The first-order valence-corrected chi connectivity index (χ1v) is 8.10. The molecule has 2 bridgehead atoms. The maximum absolute atomic E-state index is 3.54. The molecule has 0 aromatic heterocycles. The number of halogens is 1. The largest absolute Gasteiger partial charge is 0.0625 e. The van der Waals surface area contributed by atoms with Gasteiger partial charge in [-0.2, -0.15) is 0 Å². The molecule has 2 fully saturated rings. The third-order valence-electron chi connectivity index (χ3n) is 5.16. The highest BCUT2D eigenvalue weighted by Crippen LogP contribution is 2.51. The molecular formula is C17H23Br. The van der Waals surface area contributed by atoms with Crippen LogP contribution in [0.5, 0.6) is 0 Å². The summed E-state index contributed by atoms with van der Waals surface area (Å²) in [6.45, 7) is 4.94. The molecule has 0 amide bonds. The number of fused-ring (bicyclic) bond motifs is 2. The van der Waals surface area contributed by atoms with Gasteiger partial charge in [-0.25, -0.2) is 0 Å². The van der Waals surface area contributed by atoms with E-state index in [2.05, 4.69) is 54.0 Å². The fourth-order valence-electron chi connectivity index (χ4n) is 4.68. The van der Waals surface area contributed by atoms with Gasteiger partial charge in [0.2, 0.25) is 0 Å². The van der Waals surface area contributed by atoms with Gasteiger partial charge in [0.05, 0.1) is 0 Å². The minimum Gasteiger partial charge on any atom is -0.0625 e. The molecule has 1 aromatic carbocycles. The van der Waals surface area contributed by atoms with E-state index >= 15 is 0 Å². The number of hydrogen-bond donors (Lipinski definition) is 0. The maximum Gasteiger partial charge on any atom is 0.0175 e. The van der Waals surface area contributed by atoms with Crippen molar-refractivity contribution in [2.75, 3.05) is 0 Å². The molecule has 0 spiro atoms. The zero-order valence-corrected chi connectivity index (χ0v) is 13.0. The summed E-state index contributed by atoms with van der Waals surface area (Å²) in [5, 5.41) is 0. The van der Waals surface area contributed by atoms with Crippen LogP contribution in [0, 0.1) is 17.8 Å². The molecule has 0 aliphatic heterocycles. The highest BCUT2D eigenvalue weighted by Gasteiger charge is 2.41. The average molecular weight is 307 g/mol. The molecule has 1 aromatic rings. The number of rotatable bonds is 1. The predicted molar refractivity (Wildman–Crippen MR) is 80.7 cm³/mol. The monoisotopic (exact) mass is 306 g/mol. The van der Waals surface area contributed by atoms with E-state index in [1.54, 1.807) is 5.56 Å². The van der Waals surface area contributed by atoms with Crippen LogP contribution in [-0.2, 0) is 5.41 Å². The van der Waals surface area contributed by atoms with E-state index in [-0.39, 0.29) is 0 Å². The normalized spacial score (nSPS) is 39.6. The Balaban J connectivity index is 1.85. The molecule has 3 rings (SSSR count). The van der Waals surface area contributed by atoms with E-state index in [4.69, 9.17) is 0 Å². The Hall–Kier alpha value is -0.300. The number of benzene rings is 1. The first-order valence-electron chi connectivity index (χ1n) is 7.31. The zero-order chi connectivity index (χ0) is 12.8. The second-order valence-electron chi connectivity index (χ2n) is 7.02. The Morgan fingerprint density at radius 3 is 2.11 bits per heavy atom. The summed E-state index contributed by atoms with van der Waals surface area (Å²) >= 11 is 3.54. The van der Waals surface area contributed by atoms with Crippen LogP contribution in [0.1, 0.15) is 51.5 Å². The Bertz CT molecular complexity index is 402.